The molecule has 10 aromatic rings. The number of nitrogens with zero attached hydrogens (tertiary/aromatic N) is 5. The number of rotatable bonds is 5. The second-order valence-corrected chi connectivity index (χ2v) is 13.2. The van der Waals surface area contributed by atoms with Crippen LogP contribution in [0.5, 0.6) is 0 Å². The molecule has 0 N–H and O–H groups in total. The molecule has 0 aliphatic heterocycles. The zero-order valence-electron chi connectivity index (χ0n) is 28.5. The molecule has 10 rings (SSSR count). The molecule has 4 aromatic heterocycles. The summed E-state index contributed by atoms with van der Waals surface area (Å²) in [7, 11) is 0. The van der Waals surface area contributed by atoms with Gasteiger partial charge in [0.15, 0.2) is 0 Å². The minimum absolute atomic E-state index is 0.616. The molecule has 0 radical (unpaired) electrons. The Bertz CT molecular complexity index is 3030. The zero-order valence-corrected chi connectivity index (χ0v) is 28.5. The first kappa shape index (κ1) is 30.4. The number of hydrogen-bond donors (Lipinski definition) is 0. The molecule has 0 spiro atoms. The summed E-state index contributed by atoms with van der Waals surface area (Å²) in [5, 5.41) is 16.3. The van der Waals surface area contributed by atoms with E-state index in [0.717, 1.165) is 50.0 Å². The van der Waals surface area contributed by atoms with Crippen molar-refractivity contribution in [3.05, 3.63) is 182 Å². The van der Waals surface area contributed by atoms with Gasteiger partial charge in [0.2, 0.25) is 0 Å². The van der Waals surface area contributed by atoms with Crippen LogP contribution in [-0.4, -0.2) is 19.5 Å². The lowest BCUT2D eigenvalue weighted by atomic mass is 9.85. The van der Waals surface area contributed by atoms with Crippen LogP contribution < -0.4 is 0 Å². The van der Waals surface area contributed by atoms with Crippen molar-refractivity contribution in [1.82, 2.24) is 19.5 Å². The highest BCUT2D eigenvalue weighted by Crippen LogP contribution is 2.44. The van der Waals surface area contributed by atoms with Crippen LogP contribution in [0.2, 0.25) is 0 Å². The fourth-order valence-electron chi connectivity index (χ4n) is 7.78. The highest BCUT2D eigenvalue weighted by molar-refractivity contribution is 6.22. The molecule has 5 nitrogen and oxygen atoms in total. The quantitative estimate of drug-likeness (QED) is 0.170. The van der Waals surface area contributed by atoms with Crippen LogP contribution in [0.3, 0.4) is 0 Å². The van der Waals surface area contributed by atoms with E-state index < -0.39 is 0 Å². The summed E-state index contributed by atoms with van der Waals surface area (Å²) in [6.45, 7) is 0. The van der Waals surface area contributed by atoms with E-state index in [4.69, 9.17) is 9.97 Å². The Hall–Kier alpha value is -7.42. The number of fused-ring (bicyclic) bond motifs is 5. The van der Waals surface area contributed by atoms with Gasteiger partial charge in [0.1, 0.15) is 5.82 Å². The van der Waals surface area contributed by atoms with E-state index in [1.54, 1.807) is 6.20 Å². The number of hydrogen-bond acceptors (Lipinski definition) is 4. The maximum absolute atomic E-state index is 9.50. The Kier molecular flexibility index (Phi) is 7.12. The van der Waals surface area contributed by atoms with Crippen LogP contribution in [0, 0.1) is 11.3 Å². The van der Waals surface area contributed by atoms with E-state index in [-0.39, 0.29) is 0 Å². The summed E-state index contributed by atoms with van der Waals surface area (Å²) in [4.78, 5) is 14.2. The van der Waals surface area contributed by atoms with E-state index in [1.807, 2.05) is 48.9 Å². The summed E-state index contributed by atoms with van der Waals surface area (Å²) in [5.74, 6) is 0.794. The van der Waals surface area contributed by atoms with Gasteiger partial charge in [-0.2, -0.15) is 5.26 Å². The van der Waals surface area contributed by atoms with Crippen LogP contribution in [0.25, 0.3) is 93.8 Å². The predicted octanol–water partition coefficient (Wildman–Crippen LogP) is 11.8. The molecular weight excluding hydrogens is 647 g/mol. The zero-order chi connectivity index (χ0) is 35.3. The van der Waals surface area contributed by atoms with Gasteiger partial charge in [0.05, 0.1) is 28.4 Å². The van der Waals surface area contributed by atoms with Crippen LogP contribution >= 0.6 is 0 Å². The molecule has 0 saturated heterocycles. The van der Waals surface area contributed by atoms with Gasteiger partial charge in [0, 0.05) is 52.3 Å². The Morgan fingerprint density at radius 2 is 1.06 bits per heavy atom. The Morgan fingerprint density at radius 3 is 1.72 bits per heavy atom. The fourth-order valence-corrected chi connectivity index (χ4v) is 7.78. The van der Waals surface area contributed by atoms with Gasteiger partial charge in [-0.1, -0.05) is 103 Å². The second kappa shape index (κ2) is 12.4. The molecule has 5 heteroatoms. The largest absolute Gasteiger partial charge is 0.294 e. The van der Waals surface area contributed by atoms with E-state index in [0.29, 0.717) is 5.56 Å². The molecule has 0 atom stereocenters. The first-order valence-corrected chi connectivity index (χ1v) is 17.6. The van der Waals surface area contributed by atoms with Crippen molar-refractivity contribution < 1.29 is 0 Å². The molecule has 4 heterocycles. The topological polar surface area (TPSA) is 67.4 Å². The predicted molar refractivity (Wildman–Crippen MR) is 216 cm³/mol. The van der Waals surface area contributed by atoms with Gasteiger partial charge in [-0.25, -0.2) is 4.98 Å². The Morgan fingerprint density at radius 1 is 0.434 bits per heavy atom. The Balaban J connectivity index is 1.05. The van der Waals surface area contributed by atoms with E-state index in [2.05, 4.69) is 137 Å². The monoisotopic (exact) mass is 675 g/mol. The molecule has 0 amide bonds. The fraction of sp³-hybridized carbons (Fsp3) is 0. The minimum Gasteiger partial charge on any atom is -0.294 e. The summed E-state index contributed by atoms with van der Waals surface area (Å²) >= 11 is 0. The third-order valence-corrected chi connectivity index (χ3v) is 10.2. The molecule has 0 fully saturated rings. The van der Waals surface area contributed by atoms with Crippen molar-refractivity contribution in [1.29, 1.82) is 5.26 Å². The van der Waals surface area contributed by atoms with E-state index in [1.165, 1.54) is 43.8 Å². The van der Waals surface area contributed by atoms with Gasteiger partial charge in [0.25, 0.3) is 0 Å². The summed E-state index contributed by atoms with van der Waals surface area (Å²) in [5.41, 5.74) is 11.4. The molecule has 6 aromatic carbocycles. The maximum atomic E-state index is 9.50. The van der Waals surface area contributed by atoms with Crippen LogP contribution in [0.4, 0.5) is 0 Å². The van der Waals surface area contributed by atoms with Crippen molar-refractivity contribution in [2.24, 2.45) is 0 Å². The number of nitriles is 1. The van der Waals surface area contributed by atoms with Crippen molar-refractivity contribution in [3.8, 4) is 56.5 Å². The normalized spacial score (nSPS) is 11.4. The average Bonchev–Trinajstić information content (AvgIpc) is 3.57. The summed E-state index contributed by atoms with van der Waals surface area (Å²) < 4.78 is 2.12. The number of pyridine rings is 3. The van der Waals surface area contributed by atoms with Gasteiger partial charge in [-0.05, 0) is 92.3 Å². The molecule has 53 heavy (non-hydrogen) atoms. The lowest BCUT2D eigenvalue weighted by Crippen LogP contribution is -1.97. The second-order valence-electron chi connectivity index (χ2n) is 13.2. The number of aromatic nitrogens is 4. The molecular formula is C48H29N5. The van der Waals surface area contributed by atoms with E-state index in [9.17, 15) is 5.26 Å². The number of benzene rings is 6. The standard InChI is InChI=1S/C48H29N5/c49-27-31-15-21-44-40(25-31)42-30-50-24-23-45(42)53(44)46-22-18-36(29-52-46)35-17-20-43(51-28-35)34-16-19-39-41(26-34)48(33-11-5-2-6-12-33)38-14-8-7-13-37(38)47(39)32-9-3-1-4-10-32/h1-26,28-30H. The van der Waals surface area contributed by atoms with Crippen LogP contribution in [-0.2, 0) is 0 Å². The first-order chi connectivity index (χ1) is 26.2. The summed E-state index contributed by atoms with van der Waals surface area (Å²) in [6.07, 6.45) is 7.46. The highest BCUT2D eigenvalue weighted by Gasteiger charge is 2.18. The molecule has 0 aliphatic carbocycles. The maximum Gasteiger partial charge on any atom is 0.137 e. The van der Waals surface area contributed by atoms with Crippen LogP contribution in [0.1, 0.15) is 5.56 Å². The van der Waals surface area contributed by atoms with E-state index >= 15 is 0 Å². The van der Waals surface area contributed by atoms with Crippen molar-refractivity contribution in [3.63, 3.8) is 0 Å². The molecule has 0 saturated carbocycles. The molecule has 0 unspecified atom stereocenters. The SMILES string of the molecule is N#Cc1ccc2c(c1)c1cnccc1n2-c1ccc(-c2ccc(-c3ccc4c(-c5ccccc5)c5ccccc5c(-c5ccccc5)c4c3)nc2)cn1. The lowest BCUT2D eigenvalue weighted by Gasteiger charge is -2.18. The van der Waals surface area contributed by atoms with Gasteiger partial charge < -0.3 is 0 Å². The smallest absolute Gasteiger partial charge is 0.137 e. The first-order valence-electron chi connectivity index (χ1n) is 17.6. The average molecular weight is 676 g/mol. The summed E-state index contributed by atoms with van der Waals surface area (Å²) in [6, 6.07) is 55.2. The van der Waals surface area contributed by atoms with Gasteiger partial charge >= 0.3 is 0 Å². The third-order valence-electron chi connectivity index (χ3n) is 10.2. The van der Waals surface area contributed by atoms with Crippen molar-refractivity contribution in [2.75, 3.05) is 0 Å². The Labute approximate surface area is 305 Å². The highest BCUT2D eigenvalue weighted by atomic mass is 15.1. The third kappa shape index (κ3) is 5.04. The minimum atomic E-state index is 0.616. The molecule has 0 aliphatic rings. The van der Waals surface area contributed by atoms with Crippen LogP contribution in [0.15, 0.2) is 176 Å². The van der Waals surface area contributed by atoms with Gasteiger partial charge in [-0.3, -0.25) is 14.5 Å². The lowest BCUT2D eigenvalue weighted by molar-refractivity contribution is 1.08. The van der Waals surface area contributed by atoms with Gasteiger partial charge in [-0.15, -0.1) is 0 Å². The van der Waals surface area contributed by atoms with Crippen molar-refractivity contribution in [2.45, 2.75) is 0 Å². The van der Waals surface area contributed by atoms with Crippen molar-refractivity contribution >= 4 is 43.4 Å². The molecule has 246 valence electrons. The molecule has 0 bridgehead atoms.